The van der Waals surface area contributed by atoms with Crippen molar-refractivity contribution in [2.45, 2.75) is 19.0 Å². The van der Waals surface area contributed by atoms with Gasteiger partial charge in [-0.2, -0.15) is 0 Å². The van der Waals surface area contributed by atoms with Crippen LogP contribution in [0.1, 0.15) is 29.4 Å². The summed E-state index contributed by atoms with van der Waals surface area (Å²) in [6, 6.07) is 5.18. The van der Waals surface area contributed by atoms with E-state index in [4.69, 9.17) is 0 Å². The lowest BCUT2D eigenvalue weighted by atomic mass is 10.1. The van der Waals surface area contributed by atoms with Crippen molar-refractivity contribution < 1.29 is 14.7 Å². The lowest BCUT2D eigenvalue weighted by molar-refractivity contribution is -0.139. The van der Waals surface area contributed by atoms with Crippen LogP contribution in [0.2, 0.25) is 0 Å². The molecule has 0 aliphatic rings. The average molecular weight is 305 g/mol. The fraction of sp³-hybridized carbons (Fsp3) is 0.214. The first-order valence-corrected chi connectivity index (χ1v) is 7.19. The number of pyridine rings is 1. The molecule has 2 rings (SSSR count). The van der Waals surface area contributed by atoms with E-state index < -0.39 is 18.0 Å². The standard InChI is InChI=1S/C14H15N3O3S/c1-9(10-4-2-6-15-8-10)16-14(20)17-12(13(18)19)11-5-3-7-21-11/h2-9,12H,1H3,(H,18,19)(H2,16,17,20). The van der Waals surface area contributed by atoms with Crippen molar-refractivity contribution in [3.05, 3.63) is 52.5 Å². The predicted octanol–water partition coefficient (Wildman–Crippen LogP) is 2.33. The minimum atomic E-state index is -1.10. The van der Waals surface area contributed by atoms with Crippen molar-refractivity contribution in [2.24, 2.45) is 0 Å². The lowest BCUT2D eigenvalue weighted by Gasteiger charge is -2.17. The first kappa shape index (κ1) is 15.0. The van der Waals surface area contributed by atoms with Crippen LogP contribution in [-0.4, -0.2) is 22.1 Å². The van der Waals surface area contributed by atoms with Crippen LogP contribution in [0, 0.1) is 0 Å². The summed E-state index contributed by atoms with van der Waals surface area (Å²) in [6.07, 6.45) is 3.30. The zero-order chi connectivity index (χ0) is 15.2. The summed E-state index contributed by atoms with van der Waals surface area (Å²) in [4.78, 5) is 27.7. The zero-order valence-corrected chi connectivity index (χ0v) is 12.1. The van der Waals surface area contributed by atoms with E-state index in [1.165, 1.54) is 11.3 Å². The summed E-state index contributed by atoms with van der Waals surface area (Å²) in [5.41, 5.74) is 0.843. The van der Waals surface area contributed by atoms with E-state index in [9.17, 15) is 14.7 Å². The fourth-order valence-electron chi connectivity index (χ4n) is 1.79. The quantitative estimate of drug-likeness (QED) is 0.790. The second kappa shape index (κ2) is 6.85. The van der Waals surface area contributed by atoms with Crippen LogP contribution in [0.4, 0.5) is 4.79 Å². The van der Waals surface area contributed by atoms with E-state index in [0.29, 0.717) is 4.88 Å². The number of nitrogens with zero attached hydrogens (tertiary/aromatic N) is 1. The molecule has 0 aliphatic carbocycles. The normalized spacial score (nSPS) is 13.2. The van der Waals surface area contributed by atoms with Gasteiger partial charge in [-0.25, -0.2) is 9.59 Å². The molecule has 0 spiro atoms. The third-order valence-corrected chi connectivity index (χ3v) is 3.82. The van der Waals surface area contributed by atoms with Gasteiger partial charge in [-0.1, -0.05) is 12.1 Å². The molecule has 3 N–H and O–H groups in total. The molecule has 2 unspecified atom stereocenters. The molecule has 0 saturated heterocycles. The topological polar surface area (TPSA) is 91.3 Å². The number of aromatic nitrogens is 1. The molecular formula is C14H15N3O3S. The Kier molecular flexibility index (Phi) is 4.89. The molecule has 2 aromatic rings. The van der Waals surface area contributed by atoms with E-state index in [1.807, 2.05) is 6.07 Å². The highest BCUT2D eigenvalue weighted by atomic mass is 32.1. The predicted molar refractivity (Wildman–Crippen MR) is 79.0 cm³/mol. The number of carbonyl (C=O) groups excluding carboxylic acids is 1. The summed E-state index contributed by atoms with van der Waals surface area (Å²) < 4.78 is 0. The molecule has 0 aliphatic heterocycles. The van der Waals surface area contributed by atoms with Gasteiger partial charge in [0, 0.05) is 17.3 Å². The van der Waals surface area contributed by atoms with Gasteiger partial charge in [-0.05, 0) is 30.0 Å². The molecule has 6 nitrogen and oxygen atoms in total. The number of hydrogen-bond acceptors (Lipinski definition) is 4. The van der Waals surface area contributed by atoms with Crippen molar-refractivity contribution in [3.63, 3.8) is 0 Å². The summed E-state index contributed by atoms with van der Waals surface area (Å²) in [7, 11) is 0. The molecular weight excluding hydrogens is 290 g/mol. The van der Waals surface area contributed by atoms with Gasteiger partial charge in [-0.15, -0.1) is 11.3 Å². The van der Waals surface area contributed by atoms with Crippen molar-refractivity contribution >= 4 is 23.3 Å². The summed E-state index contributed by atoms with van der Waals surface area (Å²) in [5.74, 6) is -1.10. The molecule has 0 radical (unpaired) electrons. The molecule has 0 bridgehead atoms. The third kappa shape index (κ3) is 4.03. The number of thiophene rings is 1. The monoisotopic (exact) mass is 305 g/mol. The summed E-state index contributed by atoms with van der Waals surface area (Å²) in [5, 5.41) is 16.1. The molecule has 0 saturated carbocycles. The minimum Gasteiger partial charge on any atom is -0.479 e. The second-order valence-corrected chi connectivity index (χ2v) is 5.39. The summed E-state index contributed by atoms with van der Waals surface area (Å²) >= 11 is 1.28. The molecule has 0 fully saturated rings. The second-order valence-electron chi connectivity index (χ2n) is 4.41. The lowest BCUT2D eigenvalue weighted by Crippen LogP contribution is -2.41. The van der Waals surface area contributed by atoms with Crippen LogP contribution in [0.15, 0.2) is 42.0 Å². The molecule has 110 valence electrons. The summed E-state index contributed by atoms with van der Waals surface area (Å²) in [6.45, 7) is 1.80. The zero-order valence-electron chi connectivity index (χ0n) is 11.3. The number of carbonyl (C=O) groups is 2. The molecule has 0 aromatic carbocycles. The number of carboxylic acids is 1. The Morgan fingerprint density at radius 3 is 2.67 bits per heavy atom. The van der Waals surface area contributed by atoms with E-state index in [0.717, 1.165) is 5.56 Å². The molecule has 21 heavy (non-hydrogen) atoms. The maximum Gasteiger partial charge on any atom is 0.331 e. The number of rotatable bonds is 5. The van der Waals surface area contributed by atoms with Gasteiger partial charge in [0.2, 0.25) is 0 Å². The first-order valence-electron chi connectivity index (χ1n) is 6.31. The molecule has 2 heterocycles. The van der Waals surface area contributed by atoms with Crippen LogP contribution in [0.25, 0.3) is 0 Å². The maximum atomic E-state index is 11.9. The van der Waals surface area contributed by atoms with Gasteiger partial charge in [0.1, 0.15) is 0 Å². The molecule has 2 aromatic heterocycles. The highest BCUT2D eigenvalue weighted by Crippen LogP contribution is 2.19. The van der Waals surface area contributed by atoms with Gasteiger partial charge >= 0.3 is 12.0 Å². The van der Waals surface area contributed by atoms with E-state index in [2.05, 4.69) is 15.6 Å². The van der Waals surface area contributed by atoms with E-state index in [1.54, 1.807) is 42.9 Å². The smallest absolute Gasteiger partial charge is 0.331 e. The van der Waals surface area contributed by atoms with Crippen molar-refractivity contribution in [1.82, 2.24) is 15.6 Å². The Morgan fingerprint density at radius 2 is 2.10 bits per heavy atom. The van der Waals surface area contributed by atoms with Crippen LogP contribution >= 0.6 is 11.3 Å². The third-order valence-electron chi connectivity index (χ3n) is 2.88. The number of urea groups is 1. The minimum absolute atomic E-state index is 0.267. The molecule has 7 heteroatoms. The number of nitrogens with one attached hydrogen (secondary N) is 2. The largest absolute Gasteiger partial charge is 0.479 e. The Balaban J connectivity index is 1.99. The SMILES string of the molecule is CC(NC(=O)NC(C(=O)O)c1cccs1)c1cccnc1. The number of hydrogen-bond donors (Lipinski definition) is 3. The van der Waals surface area contributed by atoms with E-state index in [-0.39, 0.29) is 6.04 Å². The van der Waals surface area contributed by atoms with Crippen LogP contribution in [0.5, 0.6) is 0 Å². The maximum absolute atomic E-state index is 11.9. The van der Waals surface area contributed by atoms with Crippen molar-refractivity contribution in [2.75, 3.05) is 0 Å². The highest BCUT2D eigenvalue weighted by Gasteiger charge is 2.23. The van der Waals surface area contributed by atoms with Crippen LogP contribution < -0.4 is 10.6 Å². The van der Waals surface area contributed by atoms with Gasteiger partial charge in [0.05, 0.1) is 6.04 Å². The fourth-order valence-corrected chi connectivity index (χ4v) is 2.56. The van der Waals surface area contributed by atoms with Crippen LogP contribution in [-0.2, 0) is 4.79 Å². The number of amides is 2. The Bertz CT molecular complexity index is 601. The average Bonchev–Trinajstić information content (AvgIpc) is 2.99. The Labute approximate surface area is 125 Å². The van der Waals surface area contributed by atoms with Crippen molar-refractivity contribution in [1.29, 1.82) is 0 Å². The first-order chi connectivity index (χ1) is 10.1. The van der Waals surface area contributed by atoms with Gasteiger partial charge in [-0.3, -0.25) is 4.98 Å². The highest BCUT2D eigenvalue weighted by molar-refractivity contribution is 7.10. The molecule has 2 atom stereocenters. The van der Waals surface area contributed by atoms with E-state index >= 15 is 0 Å². The Morgan fingerprint density at radius 1 is 1.29 bits per heavy atom. The van der Waals surface area contributed by atoms with Gasteiger partial charge in [0.15, 0.2) is 6.04 Å². The number of aliphatic carboxylic acids is 1. The van der Waals surface area contributed by atoms with Crippen LogP contribution in [0.3, 0.4) is 0 Å². The van der Waals surface area contributed by atoms with Gasteiger partial charge in [0.25, 0.3) is 0 Å². The Hall–Kier alpha value is -2.41. The van der Waals surface area contributed by atoms with Crippen molar-refractivity contribution in [3.8, 4) is 0 Å². The van der Waals surface area contributed by atoms with Gasteiger partial charge < -0.3 is 15.7 Å². The number of carboxylic acid groups (broad SMARTS) is 1. The molecule has 2 amide bonds.